The molecule has 0 spiro atoms. The topological polar surface area (TPSA) is 107 Å². The first-order valence-corrected chi connectivity index (χ1v) is 11.7. The fourth-order valence-electron chi connectivity index (χ4n) is 3.50. The second-order valence-electron chi connectivity index (χ2n) is 7.59. The molecule has 3 aromatic rings. The molecule has 2 aromatic heterocycles. The van der Waals surface area contributed by atoms with Gasteiger partial charge in [-0.3, -0.25) is 9.36 Å². The molecule has 0 radical (unpaired) electrons. The summed E-state index contributed by atoms with van der Waals surface area (Å²) >= 11 is 1.44. The van der Waals surface area contributed by atoms with Gasteiger partial charge in [0.1, 0.15) is 12.1 Å². The molecule has 3 heterocycles. The molecular formula is C22H26N6O4S. The molecule has 2 amide bonds. The molecule has 1 aliphatic rings. The number of carbonyl (C=O) groups excluding carboxylic acids is 2. The summed E-state index contributed by atoms with van der Waals surface area (Å²) in [7, 11) is 0. The lowest BCUT2D eigenvalue weighted by Crippen LogP contribution is -2.50. The molecule has 1 aromatic carbocycles. The number of rotatable bonds is 6. The summed E-state index contributed by atoms with van der Waals surface area (Å²) in [5, 5.41) is 9.18. The van der Waals surface area contributed by atoms with E-state index in [-0.39, 0.29) is 17.7 Å². The third kappa shape index (κ3) is 5.19. The van der Waals surface area contributed by atoms with Crippen LogP contribution in [0, 0.1) is 13.8 Å². The van der Waals surface area contributed by atoms with E-state index in [2.05, 4.69) is 15.2 Å². The number of nitrogens with zero attached hydrogens (tertiary/aromatic N) is 6. The highest BCUT2D eigenvalue weighted by Crippen LogP contribution is 2.25. The zero-order valence-electron chi connectivity index (χ0n) is 18.9. The molecule has 10 nitrogen and oxygen atoms in total. The highest BCUT2D eigenvalue weighted by atomic mass is 32.2. The summed E-state index contributed by atoms with van der Waals surface area (Å²) in [6.45, 7) is 7.75. The van der Waals surface area contributed by atoms with Crippen molar-refractivity contribution >= 4 is 23.8 Å². The maximum absolute atomic E-state index is 12.8. The van der Waals surface area contributed by atoms with E-state index < -0.39 is 0 Å². The van der Waals surface area contributed by atoms with Gasteiger partial charge in [-0.15, -0.1) is 10.2 Å². The fraction of sp³-hybridized carbons (Fsp3) is 0.409. The van der Waals surface area contributed by atoms with Gasteiger partial charge in [0.15, 0.2) is 10.9 Å². The number of ether oxygens (including phenoxy) is 1. The predicted molar refractivity (Wildman–Crippen MR) is 121 cm³/mol. The molecule has 1 saturated heterocycles. The van der Waals surface area contributed by atoms with Crippen LogP contribution in [0.3, 0.4) is 0 Å². The van der Waals surface area contributed by atoms with E-state index in [4.69, 9.17) is 9.15 Å². The average molecular weight is 471 g/mol. The Morgan fingerprint density at radius 3 is 2.45 bits per heavy atom. The molecule has 1 fully saturated rings. The monoisotopic (exact) mass is 470 g/mol. The molecular weight excluding hydrogens is 444 g/mol. The van der Waals surface area contributed by atoms with Gasteiger partial charge in [-0.25, -0.2) is 9.78 Å². The van der Waals surface area contributed by atoms with Crippen molar-refractivity contribution in [2.45, 2.75) is 31.7 Å². The van der Waals surface area contributed by atoms with Gasteiger partial charge in [0.25, 0.3) is 5.91 Å². The Morgan fingerprint density at radius 2 is 1.76 bits per heavy atom. The van der Waals surface area contributed by atoms with Crippen LogP contribution in [0.2, 0.25) is 0 Å². The maximum atomic E-state index is 12.8. The molecule has 4 rings (SSSR count). The second-order valence-corrected chi connectivity index (χ2v) is 8.54. The highest BCUT2D eigenvalue weighted by molar-refractivity contribution is 7.98. The molecule has 11 heteroatoms. The molecule has 0 saturated carbocycles. The lowest BCUT2D eigenvalue weighted by Gasteiger charge is -2.33. The Bertz CT molecular complexity index is 1120. The van der Waals surface area contributed by atoms with E-state index in [1.165, 1.54) is 23.6 Å². The lowest BCUT2D eigenvalue weighted by atomic mass is 10.2. The van der Waals surface area contributed by atoms with Crippen LogP contribution < -0.4 is 0 Å². The minimum absolute atomic E-state index is 0.211. The van der Waals surface area contributed by atoms with Crippen molar-refractivity contribution in [1.29, 1.82) is 0 Å². The smallest absolute Gasteiger partial charge is 0.409 e. The molecule has 33 heavy (non-hydrogen) atoms. The Balaban J connectivity index is 1.36. The van der Waals surface area contributed by atoms with Gasteiger partial charge in [0, 0.05) is 31.9 Å². The van der Waals surface area contributed by atoms with Crippen LogP contribution in [0.25, 0.3) is 5.69 Å². The Labute approximate surface area is 195 Å². The van der Waals surface area contributed by atoms with E-state index in [0.29, 0.717) is 44.4 Å². The predicted octanol–water partition coefficient (Wildman–Crippen LogP) is 3.08. The average Bonchev–Trinajstić information content (AvgIpc) is 3.45. The van der Waals surface area contributed by atoms with Crippen molar-refractivity contribution in [3.8, 4) is 5.69 Å². The number of thioether (sulfide) groups is 1. The first kappa shape index (κ1) is 22.8. The van der Waals surface area contributed by atoms with Crippen LogP contribution in [0.4, 0.5) is 4.79 Å². The largest absolute Gasteiger partial charge is 0.450 e. The number of hydrogen-bond acceptors (Lipinski definition) is 8. The molecule has 0 bridgehead atoms. The SMILES string of the molecule is CCOC(=O)N1CCN(C(=O)c2coc(CSc3nnc(C)n3-c3ccc(C)cc3)n2)CC1. The van der Waals surface area contributed by atoms with E-state index in [1.807, 2.05) is 42.7 Å². The molecule has 0 N–H and O–H groups in total. The number of oxazole rings is 1. The Morgan fingerprint density at radius 1 is 1.06 bits per heavy atom. The summed E-state index contributed by atoms with van der Waals surface area (Å²) in [6.07, 6.45) is 1.03. The van der Waals surface area contributed by atoms with Gasteiger partial charge in [0.2, 0.25) is 5.89 Å². The van der Waals surface area contributed by atoms with Crippen LogP contribution in [0.5, 0.6) is 0 Å². The number of amides is 2. The normalized spacial score (nSPS) is 13.9. The van der Waals surface area contributed by atoms with E-state index >= 15 is 0 Å². The summed E-state index contributed by atoms with van der Waals surface area (Å²) < 4.78 is 12.5. The van der Waals surface area contributed by atoms with E-state index in [0.717, 1.165) is 16.7 Å². The van der Waals surface area contributed by atoms with Crippen LogP contribution in [-0.2, 0) is 10.5 Å². The van der Waals surface area contributed by atoms with Crippen LogP contribution >= 0.6 is 11.8 Å². The zero-order valence-corrected chi connectivity index (χ0v) is 19.7. The summed E-state index contributed by atoms with van der Waals surface area (Å²) in [5.74, 6) is 1.42. The van der Waals surface area contributed by atoms with E-state index in [1.54, 1.807) is 16.7 Å². The van der Waals surface area contributed by atoms with Crippen molar-refractivity contribution < 1.29 is 18.7 Å². The quantitative estimate of drug-likeness (QED) is 0.506. The van der Waals surface area contributed by atoms with Gasteiger partial charge >= 0.3 is 6.09 Å². The van der Waals surface area contributed by atoms with Gasteiger partial charge < -0.3 is 19.0 Å². The number of piperazine rings is 1. The van der Waals surface area contributed by atoms with E-state index in [9.17, 15) is 9.59 Å². The molecule has 174 valence electrons. The molecule has 0 atom stereocenters. The number of carbonyl (C=O) groups is 2. The summed E-state index contributed by atoms with van der Waals surface area (Å²) in [6, 6.07) is 8.14. The Kier molecular flexibility index (Phi) is 6.97. The summed E-state index contributed by atoms with van der Waals surface area (Å²) in [5.41, 5.74) is 2.42. The third-order valence-corrected chi connectivity index (χ3v) is 6.19. The van der Waals surface area contributed by atoms with Crippen LogP contribution in [0.1, 0.15) is 34.7 Å². The molecule has 0 aliphatic carbocycles. The van der Waals surface area contributed by atoms with Gasteiger partial charge in [-0.2, -0.15) is 0 Å². The first-order chi connectivity index (χ1) is 16.0. The zero-order chi connectivity index (χ0) is 23.4. The molecule has 1 aliphatic heterocycles. The van der Waals surface area contributed by atoms with Crippen molar-refractivity contribution in [1.82, 2.24) is 29.5 Å². The van der Waals surface area contributed by atoms with Gasteiger partial charge in [-0.1, -0.05) is 29.5 Å². The standard InChI is InChI=1S/C22H26N6O4S/c1-4-31-22(30)27-11-9-26(10-12-27)20(29)18-13-32-19(23-18)14-33-21-25-24-16(3)28(21)17-7-5-15(2)6-8-17/h5-8,13H,4,9-12,14H2,1-3H3. The minimum atomic E-state index is -0.348. The van der Waals surface area contributed by atoms with Gasteiger partial charge in [0.05, 0.1) is 12.4 Å². The van der Waals surface area contributed by atoms with Crippen molar-refractivity contribution in [2.24, 2.45) is 0 Å². The third-order valence-electron chi connectivity index (χ3n) is 5.28. The van der Waals surface area contributed by atoms with Crippen LogP contribution in [0.15, 0.2) is 40.1 Å². The maximum Gasteiger partial charge on any atom is 0.409 e. The first-order valence-electron chi connectivity index (χ1n) is 10.7. The minimum Gasteiger partial charge on any atom is -0.450 e. The number of hydrogen-bond donors (Lipinski definition) is 0. The number of aryl methyl sites for hydroxylation is 2. The Hall–Kier alpha value is -3.34. The lowest BCUT2D eigenvalue weighted by molar-refractivity contribution is 0.0566. The van der Waals surface area contributed by atoms with Crippen molar-refractivity contribution in [3.05, 3.63) is 53.5 Å². The van der Waals surface area contributed by atoms with Crippen molar-refractivity contribution in [2.75, 3.05) is 32.8 Å². The molecule has 0 unspecified atom stereocenters. The highest BCUT2D eigenvalue weighted by Gasteiger charge is 2.27. The fourth-order valence-corrected chi connectivity index (χ4v) is 4.35. The second kappa shape index (κ2) is 10.1. The van der Waals surface area contributed by atoms with Crippen LogP contribution in [-0.4, -0.2) is 74.3 Å². The van der Waals surface area contributed by atoms with Crippen molar-refractivity contribution in [3.63, 3.8) is 0 Å². The number of aromatic nitrogens is 4. The number of benzene rings is 1. The van der Waals surface area contributed by atoms with Gasteiger partial charge in [-0.05, 0) is 32.9 Å². The summed E-state index contributed by atoms with van der Waals surface area (Å²) in [4.78, 5) is 32.3.